The molecule has 1 amide bonds. The first-order valence-electron chi connectivity index (χ1n) is 9.30. The van der Waals surface area contributed by atoms with Crippen molar-refractivity contribution in [3.63, 3.8) is 0 Å². The van der Waals surface area contributed by atoms with Crippen LogP contribution in [-0.2, 0) is 29.0 Å². The lowest BCUT2D eigenvalue weighted by molar-refractivity contribution is -0.123. The summed E-state index contributed by atoms with van der Waals surface area (Å²) in [5.41, 5.74) is -0.146. The topological polar surface area (TPSA) is 78.2 Å². The first kappa shape index (κ1) is 15.9. The number of hydrogen-bond donors (Lipinski definition) is 1. The average Bonchev–Trinajstić information content (AvgIpc) is 3.07. The number of rotatable bonds is 3. The summed E-state index contributed by atoms with van der Waals surface area (Å²) in [6.07, 6.45) is 8.55. The molecule has 1 saturated carbocycles. The van der Waals surface area contributed by atoms with Crippen molar-refractivity contribution >= 4 is 5.91 Å². The fraction of sp³-hybridized carbons (Fsp3) is 0.824. The minimum Gasteiger partial charge on any atom is -0.378 e. The molecule has 1 saturated heterocycles. The number of fused-ring (bicyclic) bond motifs is 2. The smallest absolute Gasteiger partial charge is 0.346 e. The highest BCUT2D eigenvalue weighted by atomic mass is 16.5. The van der Waals surface area contributed by atoms with Gasteiger partial charge in [0.2, 0.25) is 5.91 Å². The predicted octanol–water partition coefficient (Wildman–Crippen LogP) is 0.845. The van der Waals surface area contributed by atoms with E-state index in [1.807, 2.05) is 0 Å². The number of ether oxygens (including phenoxy) is 1. The highest BCUT2D eigenvalue weighted by molar-refractivity contribution is 5.76. The van der Waals surface area contributed by atoms with Crippen LogP contribution in [0.15, 0.2) is 4.79 Å². The van der Waals surface area contributed by atoms with E-state index in [9.17, 15) is 9.59 Å². The molecule has 1 aromatic heterocycles. The number of nitrogens with one attached hydrogen (secondary N) is 1. The van der Waals surface area contributed by atoms with E-state index in [1.165, 1.54) is 4.68 Å². The minimum atomic E-state index is -0.146. The molecular weight excluding hydrogens is 308 g/mol. The highest BCUT2D eigenvalue weighted by Gasteiger charge is 2.38. The molecule has 132 valence electrons. The largest absolute Gasteiger partial charge is 0.378 e. The minimum absolute atomic E-state index is 0.0214. The van der Waals surface area contributed by atoms with Gasteiger partial charge < -0.3 is 10.1 Å². The van der Waals surface area contributed by atoms with Gasteiger partial charge in [-0.25, -0.2) is 9.48 Å². The van der Waals surface area contributed by atoms with Gasteiger partial charge in [-0.3, -0.25) is 9.36 Å². The SMILES string of the molecule is O=C(Cn1nc2n(c1=O)CCCCC2)N[C@@H]1CCC[C@@H]2OCC[C@@H]21. The van der Waals surface area contributed by atoms with Crippen LogP contribution in [-0.4, -0.2) is 39.0 Å². The Morgan fingerprint density at radius 1 is 1.21 bits per heavy atom. The second-order valence-corrected chi connectivity index (χ2v) is 7.29. The summed E-state index contributed by atoms with van der Waals surface area (Å²) in [6.45, 7) is 1.54. The maximum atomic E-state index is 12.4. The van der Waals surface area contributed by atoms with Crippen LogP contribution in [0, 0.1) is 5.92 Å². The van der Waals surface area contributed by atoms with Crippen LogP contribution < -0.4 is 11.0 Å². The van der Waals surface area contributed by atoms with Crippen LogP contribution in [0.2, 0.25) is 0 Å². The third-order valence-electron chi connectivity index (χ3n) is 5.70. The molecule has 4 rings (SSSR count). The molecule has 7 nitrogen and oxygen atoms in total. The van der Waals surface area contributed by atoms with Crippen molar-refractivity contribution in [2.75, 3.05) is 6.61 Å². The van der Waals surface area contributed by atoms with Crippen molar-refractivity contribution in [1.29, 1.82) is 0 Å². The Morgan fingerprint density at radius 3 is 3.04 bits per heavy atom. The fourth-order valence-corrected chi connectivity index (χ4v) is 4.47. The van der Waals surface area contributed by atoms with E-state index in [1.54, 1.807) is 4.57 Å². The summed E-state index contributed by atoms with van der Waals surface area (Å²) in [6, 6.07) is 0.176. The van der Waals surface area contributed by atoms with Gasteiger partial charge in [-0.15, -0.1) is 0 Å². The Hall–Kier alpha value is -1.63. The molecule has 3 heterocycles. The van der Waals surface area contributed by atoms with Gasteiger partial charge in [0.1, 0.15) is 12.4 Å². The van der Waals surface area contributed by atoms with Crippen molar-refractivity contribution in [3.8, 4) is 0 Å². The maximum absolute atomic E-state index is 12.4. The second kappa shape index (κ2) is 6.70. The lowest BCUT2D eigenvalue weighted by Gasteiger charge is -2.33. The van der Waals surface area contributed by atoms with Crippen molar-refractivity contribution in [1.82, 2.24) is 19.7 Å². The molecule has 0 unspecified atom stereocenters. The van der Waals surface area contributed by atoms with Gasteiger partial charge in [-0.05, 0) is 38.5 Å². The number of hydrogen-bond acceptors (Lipinski definition) is 4. The summed E-state index contributed by atoms with van der Waals surface area (Å²) in [4.78, 5) is 24.9. The van der Waals surface area contributed by atoms with Gasteiger partial charge in [0.15, 0.2) is 0 Å². The summed E-state index contributed by atoms with van der Waals surface area (Å²) in [5, 5.41) is 7.52. The number of aryl methyl sites for hydroxylation is 1. The Kier molecular flexibility index (Phi) is 4.43. The van der Waals surface area contributed by atoms with Crippen LogP contribution >= 0.6 is 0 Å². The quantitative estimate of drug-likeness (QED) is 0.889. The number of nitrogens with zero attached hydrogens (tertiary/aromatic N) is 3. The number of carbonyl (C=O) groups is 1. The molecule has 7 heteroatoms. The lowest BCUT2D eigenvalue weighted by Crippen LogP contribution is -2.47. The summed E-state index contributed by atoms with van der Waals surface area (Å²) in [7, 11) is 0. The number of carbonyl (C=O) groups excluding carboxylic acids is 1. The maximum Gasteiger partial charge on any atom is 0.346 e. The molecule has 2 fully saturated rings. The van der Waals surface area contributed by atoms with E-state index in [-0.39, 0.29) is 24.2 Å². The Morgan fingerprint density at radius 2 is 2.12 bits per heavy atom. The number of amides is 1. The first-order chi connectivity index (χ1) is 11.7. The van der Waals surface area contributed by atoms with E-state index in [0.717, 1.165) is 70.3 Å². The van der Waals surface area contributed by atoms with E-state index in [4.69, 9.17) is 4.74 Å². The molecule has 0 bridgehead atoms. The molecule has 0 aromatic carbocycles. The summed E-state index contributed by atoms with van der Waals surface area (Å²) in [5.74, 6) is 1.15. The first-order valence-corrected chi connectivity index (χ1v) is 9.30. The zero-order valence-electron chi connectivity index (χ0n) is 14.1. The fourth-order valence-electron chi connectivity index (χ4n) is 4.47. The van der Waals surface area contributed by atoms with Gasteiger partial charge >= 0.3 is 5.69 Å². The second-order valence-electron chi connectivity index (χ2n) is 7.29. The Labute approximate surface area is 141 Å². The molecule has 1 N–H and O–H groups in total. The summed E-state index contributed by atoms with van der Waals surface area (Å²) < 4.78 is 8.82. The third-order valence-corrected chi connectivity index (χ3v) is 5.70. The van der Waals surface area contributed by atoms with Crippen LogP contribution in [0.5, 0.6) is 0 Å². The van der Waals surface area contributed by atoms with Gasteiger partial charge in [-0.1, -0.05) is 6.42 Å². The zero-order valence-corrected chi connectivity index (χ0v) is 14.1. The van der Waals surface area contributed by atoms with E-state index in [2.05, 4.69) is 10.4 Å². The van der Waals surface area contributed by atoms with Gasteiger partial charge in [-0.2, -0.15) is 5.10 Å². The molecule has 3 atom stereocenters. The van der Waals surface area contributed by atoms with Crippen molar-refractivity contribution in [2.45, 2.75) is 76.6 Å². The van der Waals surface area contributed by atoms with Crippen LogP contribution in [0.4, 0.5) is 0 Å². The van der Waals surface area contributed by atoms with Gasteiger partial charge in [0.05, 0.1) is 6.10 Å². The average molecular weight is 334 g/mol. The molecule has 0 spiro atoms. The van der Waals surface area contributed by atoms with Crippen molar-refractivity contribution < 1.29 is 9.53 Å². The molecule has 3 aliphatic rings. The monoisotopic (exact) mass is 334 g/mol. The molecule has 1 aliphatic carbocycles. The Bertz CT molecular complexity index is 665. The van der Waals surface area contributed by atoms with E-state index < -0.39 is 0 Å². The van der Waals surface area contributed by atoms with E-state index >= 15 is 0 Å². The third kappa shape index (κ3) is 3.01. The van der Waals surface area contributed by atoms with E-state index in [0.29, 0.717) is 12.0 Å². The van der Waals surface area contributed by atoms with Crippen LogP contribution in [0.1, 0.15) is 50.8 Å². The van der Waals surface area contributed by atoms with Gasteiger partial charge in [0.25, 0.3) is 0 Å². The number of aromatic nitrogens is 3. The predicted molar refractivity (Wildman–Crippen MR) is 87.7 cm³/mol. The highest BCUT2D eigenvalue weighted by Crippen LogP contribution is 2.34. The van der Waals surface area contributed by atoms with Crippen LogP contribution in [0.25, 0.3) is 0 Å². The Balaban J connectivity index is 1.42. The molecule has 2 aliphatic heterocycles. The molecule has 24 heavy (non-hydrogen) atoms. The lowest BCUT2D eigenvalue weighted by atomic mass is 9.82. The molecule has 1 aromatic rings. The van der Waals surface area contributed by atoms with Crippen molar-refractivity contribution in [3.05, 3.63) is 16.3 Å². The normalized spacial score (nSPS) is 29.6. The standard InChI is InChI=1S/C17H26N4O3/c22-16(18-13-5-4-6-14-12(13)8-10-24-14)11-21-17(23)20-9-3-1-2-7-15(20)19-21/h12-14H,1-11H2,(H,18,22)/t12-,13-,14+/m1/s1. The van der Waals surface area contributed by atoms with Gasteiger partial charge in [0, 0.05) is 31.5 Å². The molecular formula is C17H26N4O3. The molecule has 0 radical (unpaired) electrons. The summed E-state index contributed by atoms with van der Waals surface area (Å²) >= 11 is 0. The zero-order chi connectivity index (χ0) is 16.5. The van der Waals surface area contributed by atoms with Crippen molar-refractivity contribution in [2.24, 2.45) is 5.92 Å². The van der Waals surface area contributed by atoms with Crippen LogP contribution in [0.3, 0.4) is 0 Å².